The van der Waals surface area contributed by atoms with Crippen molar-refractivity contribution in [2.24, 2.45) is 0 Å². The SMILES string of the molecule is Cc1nc2ccc(-c3ccc(C(C)N4CCC(CC(C)(C)O)(c5ccccc5)OC4=O)cc3)cc2[nH]1. The van der Waals surface area contributed by atoms with Crippen LogP contribution >= 0.6 is 0 Å². The van der Waals surface area contributed by atoms with E-state index in [4.69, 9.17) is 4.74 Å². The third-order valence-electron chi connectivity index (χ3n) is 7.09. The van der Waals surface area contributed by atoms with Crippen LogP contribution < -0.4 is 0 Å². The molecular formula is C30H33N3O3. The van der Waals surface area contributed by atoms with Crippen LogP contribution in [-0.2, 0) is 10.3 Å². The number of fused-ring (bicyclic) bond motifs is 1. The Morgan fingerprint density at radius 1 is 1.08 bits per heavy atom. The number of cyclic esters (lactones) is 1. The van der Waals surface area contributed by atoms with Gasteiger partial charge in [0.2, 0.25) is 0 Å². The van der Waals surface area contributed by atoms with Crippen molar-refractivity contribution >= 4 is 17.1 Å². The fourth-order valence-electron chi connectivity index (χ4n) is 5.34. The molecule has 5 rings (SSSR count). The lowest BCUT2D eigenvalue weighted by molar-refractivity contribution is -0.101. The molecule has 0 spiro atoms. The van der Waals surface area contributed by atoms with Crippen LogP contribution in [0.1, 0.15) is 56.6 Å². The quantitative estimate of drug-likeness (QED) is 0.328. The Hall–Kier alpha value is -3.64. The molecular weight excluding hydrogens is 450 g/mol. The van der Waals surface area contributed by atoms with Gasteiger partial charge in [0.25, 0.3) is 0 Å². The van der Waals surface area contributed by atoms with Gasteiger partial charge in [-0.3, -0.25) is 0 Å². The summed E-state index contributed by atoms with van der Waals surface area (Å²) in [5.74, 6) is 0.901. The number of nitrogens with zero attached hydrogens (tertiary/aromatic N) is 2. The molecule has 2 heterocycles. The van der Waals surface area contributed by atoms with Crippen LogP contribution in [0.5, 0.6) is 0 Å². The molecule has 6 nitrogen and oxygen atoms in total. The van der Waals surface area contributed by atoms with E-state index in [0.717, 1.165) is 39.1 Å². The molecule has 0 saturated carbocycles. The van der Waals surface area contributed by atoms with Crippen LogP contribution in [0.2, 0.25) is 0 Å². The number of hydrogen-bond acceptors (Lipinski definition) is 4. The summed E-state index contributed by atoms with van der Waals surface area (Å²) in [6.07, 6.45) is 0.594. The van der Waals surface area contributed by atoms with Crippen molar-refractivity contribution in [1.82, 2.24) is 14.9 Å². The van der Waals surface area contributed by atoms with Crippen molar-refractivity contribution in [2.45, 2.75) is 57.8 Å². The number of aromatic nitrogens is 2. The molecule has 0 aliphatic carbocycles. The molecule has 0 bridgehead atoms. The maximum Gasteiger partial charge on any atom is 0.411 e. The fraction of sp³-hybridized carbons (Fsp3) is 0.333. The number of hydrogen-bond donors (Lipinski definition) is 2. The predicted molar refractivity (Wildman–Crippen MR) is 142 cm³/mol. The number of H-pyrrole nitrogens is 1. The normalized spacial score (nSPS) is 19.4. The number of imidazole rings is 1. The van der Waals surface area contributed by atoms with Crippen LogP contribution in [-0.4, -0.2) is 38.2 Å². The van der Waals surface area contributed by atoms with Crippen molar-refractivity contribution in [1.29, 1.82) is 0 Å². The summed E-state index contributed by atoms with van der Waals surface area (Å²) in [7, 11) is 0. The Labute approximate surface area is 211 Å². The molecule has 1 saturated heterocycles. The Bertz CT molecular complexity index is 1370. The second-order valence-electron chi connectivity index (χ2n) is 10.5. The summed E-state index contributed by atoms with van der Waals surface area (Å²) in [5.41, 5.74) is 4.34. The van der Waals surface area contributed by atoms with Gasteiger partial charge in [-0.1, -0.05) is 60.7 Å². The maximum absolute atomic E-state index is 13.3. The molecule has 1 amide bonds. The largest absolute Gasteiger partial charge is 0.438 e. The van der Waals surface area contributed by atoms with E-state index in [2.05, 4.69) is 46.4 Å². The standard InChI is InChI=1S/C30H33N3O3/c1-20(22-10-12-23(13-11-22)24-14-15-26-27(18-24)32-21(2)31-26)33-17-16-30(36-28(33)34,19-29(3,4)35)25-8-6-5-7-9-25/h5-15,18,20,35H,16-17,19H2,1-4H3,(H,31,32). The molecule has 2 N–H and O–H groups in total. The van der Waals surface area contributed by atoms with Crippen molar-refractivity contribution in [3.05, 3.63) is 89.7 Å². The summed E-state index contributed by atoms with van der Waals surface area (Å²) in [5, 5.41) is 10.6. The monoisotopic (exact) mass is 483 g/mol. The van der Waals surface area contributed by atoms with Gasteiger partial charge in [-0.15, -0.1) is 0 Å². The Morgan fingerprint density at radius 3 is 2.44 bits per heavy atom. The highest BCUT2D eigenvalue weighted by molar-refractivity contribution is 5.82. The van der Waals surface area contributed by atoms with Crippen LogP contribution in [0.3, 0.4) is 0 Å². The number of benzene rings is 3. The second kappa shape index (κ2) is 9.10. The second-order valence-corrected chi connectivity index (χ2v) is 10.5. The first kappa shape index (κ1) is 24.1. The van der Waals surface area contributed by atoms with E-state index in [1.165, 1.54) is 0 Å². The van der Waals surface area contributed by atoms with Gasteiger partial charge in [-0.05, 0) is 62.1 Å². The van der Waals surface area contributed by atoms with Gasteiger partial charge in [0.1, 0.15) is 11.4 Å². The maximum atomic E-state index is 13.3. The fourth-order valence-corrected chi connectivity index (χ4v) is 5.34. The lowest BCUT2D eigenvalue weighted by atomic mass is 9.80. The van der Waals surface area contributed by atoms with Crippen LogP contribution in [0.4, 0.5) is 4.79 Å². The molecule has 4 aromatic rings. The van der Waals surface area contributed by atoms with Crippen LogP contribution in [0, 0.1) is 6.92 Å². The minimum atomic E-state index is -0.975. The Kier molecular flexibility index (Phi) is 6.08. The zero-order valence-electron chi connectivity index (χ0n) is 21.3. The van der Waals surface area contributed by atoms with Gasteiger partial charge in [-0.25, -0.2) is 9.78 Å². The highest BCUT2D eigenvalue weighted by atomic mass is 16.6. The third-order valence-corrected chi connectivity index (χ3v) is 7.09. The van der Waals surface area contributed by atoms with E-state index in [1.807, 2.05) is 50.2 Å². The summed E-state index contributed by atoms with van der Waals surface area (Å²) in [4.78, 5) is 22.9. The summed E-state index contributed by atoms with van der Waals surface area (Å²) >= 11 is 0. The van der Waals surface area contributed by atoms with Gasteiger partial charge < -0.3 is 19.7 Å². The predicted octanol–water partition coefficient (Wildman–Crippen LogP) is 6.50. The molecule has 1 aliphatic heterocycles. The van der Waals surface area contributed by atoms with Crippen molar-refractivity contribution < 1.29 is 14.6 Å². The Morgan fingerprint density at radius 2 is 1.78 bits per heavy atom. The van der Waals surface area contributed by atoms with E-state index < -0.39 is 11.2 Å². The highest BCUT2D eigenvalue weighted by Gasteiger charge is 2.46. The average molecular weight is 484 g/mol. The number of aliphatic hydroxyl groups is 1. The van der Waals surface area contributed by atoms with E-state index in [9.17, 15) is 9.90 Å². The molecule has 1 fully saturated rings. The smallest absolute Gasteiger partial charge is 0.411 e. The molecule has 1 aliphatic rings. The number of rotatable bonds is 6. The van der Waals surface area contributed by atoms with Gasteiger partial charge >= 0.3 is 6.09 Å². The highest BCUT2D eigenvalue weighted by Crippen LogP contribution is 2.42. The number of carbonyl (C=O) groups is 1. The minimum Gasteiger partial charge on any atom is -0.438 e. The Balaban J connectivity index is 1.35. The number of carbonyl (C=O) groups excluding carboxylic acids is 1. The number of nitrogens with one attached hydrogen (secondary N) is 1. The van der Waals surface area contributed by atoms with E-state index in [-0.39, 0.29) is 12.1 Å². The first-order chi connectivity index (χ1) is 17.1. The lowest BCUT2D eigenvalue weighted by Crippen LogP contribution is -2.51. The summed E-state index contributed by atoms with van der Waals surface area (Å²) < 4.78 is 6.14. The molecule has 6 heteroatoms. The molecule has 36 heavy (non-hydrogen) atoms. The van der Waals surface area contributed by atoms with Gasteiger partial charge in [0.05, 0.1) is 22.7 Å². The van der Waals surface area contributed by atoms with E-state index in [0.29, 0.717) is 19.4 Å². The van der Waals surface area contributed by atoms with Gasteiger partial charge in [0.15, 0.2) is 0 Å². The van der Waals surface area contributed by atoms with E-state index in [1.54, 1.807) is 18.7 Å². The lowest BCUT2D eigenvalue weighted by Gasteiger charge is -2.45. The summed E-state index contributed by atoms with van der Waals surface area (Å²) in [6, 6.07) is 24.2. The number of amides is 1. The molecule has 3 aromatic carbocycles. The third kappa shape index (κ3) is 4.73. The van der Waals surface area contributed by atoms with Crippen molar-refractivity contribution in [3.8, 4) is 11.1 Å². The van der Waals surface area contributed by atoms with Crippen LogP contribution in [0.25, 0.3) is 22.2 Å². The first-order valence-corrected chi connectivity index (χ1v) is 12.5. The number of ether oxygens (including phenoxy) is 1. The molecule has 2 atom stereocenters. The molecule has 1 aromatic heterocycles. The molecule has 186 valence electrons. The zero-order chi connectivity index (χ0) is 25.5. The average Bonchev–Trinajstić information content (AvgIpc) is 3.22. The molecule has 0 radical (unpaired) electrons. The first-order valence-electron chi connectivity index (χ1n) is 12.5. The van der Waals surface area contributed by atoms with Crippen LogP contribution in [0.15, 0.2) is 72.8 Å². The zero-order valence-corrected chi connectivity index (χ0v) is 21.3. The van der Waals surface area contributed by atoms with Crippen molar-refractivity contribution in [2.75, 3.05) is 6.54 Å². The van der Waals surface area contributed by atoms with Gasteiger partial charge in [0, 0.05) is 19.4 Å². The van der Waals surface area contributed by atoms with Crippen molar-refractivity contribution in [3.63, 3.8) is 0 Å². The number of aryl methyl sites for hydroxylation is 1. The van der Waals surface area contributed by atoms with E-state index >= 15 is 0 Å². The minimum absolute atomic E-state index is 0.139. The molecule has 2 unspecified atom stereocenters. The number of aromatic amines is 1. The van der Waals surface area contributed by atoms with Gasteiger partial charge in [-0.2, -0.15) is 0 Å². The summed E-state index contributed by atoms with van der Waals surface area (Å²) in [6.45, 7) is 8.04. The topological polar surface area (TPSA) is 78.5 Å².